The number of benzene rings is 1. The van der Waals surface area contributed by atoms with Gasteiger partial charge in [0.05, 0.1) is 0 Å². The topological polar surface area (TPSA) is 73.8 Å². The lowest BCUT2D eigenvalue weighted by Gasteiger charge is -2.22. The molecule has 0 saturated heterocycles. The van der Waals surface area contributed by atoms with Crippen LogP contribution in [0.1, 0.15) is 5.56 Å². The molecule has 0 aliphatic rings. The van der Waals surface area contributed by atoms with Crippen LogP contribution in [-0.4, -0.2) is 46.5 Å². The Morgan fingerprint density at radius 2 is 1.96 bits per heavy atom. The molecule has 6 nitrogen and oxygen atoms in total. The fraction of sp³-hybridized carbons (Fsp3) is 0.312. The molecule has 0 fully saturated rings. The van der Waals surface area contributed by atoms with E-state index >= 15 is 0 Å². The molecular weight excluding hydrogens is 424 g/mol. The van der Waals surface area contributed by atoms with Gasteiger partial charge in [0.1, 0.15) is 4.21 Å². The Bertz CT molecular complexity index is 790. The number of nitrogens with one attached hydrogen (secondary N) is 2. The minimum Gasteiger partial charge on any atom is -0.355 e. The van der Waals surface area contributed by atoms with Crippen molar-refractivity contribution >= 4 is 43.2 Å². The van der Waals surface area contributed by atoms with Gasteiger partial charge in [-0.2, -0.15) is 0 Å². The van der Waals surface area contributed by atoms with Crippen LogP contribution in [0.25, 0.3) is 0 Å². The number of aliphatic imine (C=N–C) groups is 1. The highest BCUT2D eigenvalue weighted by Gasteiger charge is 2.14. The molecule has 0 amide bonds. The number of rotatable bonds is 7. The van der Waals surface area contributed by atoms with Crippen molar-refractivity contribution in [2.45, 2.75) is 10.8 Å². The largest absolute Gasteiger partial charge is 0.355 e. The molecular formula is C16H21BrN4O2S2. The predicted molar refractivity (Wildman–Crippen MR) is 106 cm³/mol. The van der Waals surface area contributed by atoms with E-state index in [1.165, 1.54) is 11.3 Å². The lowest BCUT2D eigenvalue weighted by atomic mass is 10.2. The highest BCUT2D eigenvalue weighted by molar-refractivity contribution is 9.10. The monoisotopic (exact) mass is 444 g/mol. The van der Waals surface area contributed by atoms with Gasteiger partial charge in [0.15, 0.2) is 5.96 Å². The van der Waals surface area contributed by atoms with Gasteiger partial charge in [-0.3, -0.25) is 4.99 Å². The molecule has 136 valence electrons. The number of thiophene rings is 1. The first-order chi connectivity index (χ1) is 11.9. The summed E-state index contributed by atoms with van der Waals surface area (Å²) in [6.07, 6.45) is 0. The molecule has 0 aliphatic heterocycles. The minimum atomic E-state index is -3.42. The second-order valence-electron chi connectivity index (χ2n) is 5.29. The van der Waals surface area contributed by atoms with Crippen molar-refractivity contribution < 1.29 is 8.42 Å². The van der Waals surface area contributed by atoms with Crippen LogP contribution in [0.3, 0.4) is 0 Å². The van der Waals surface area contributed by atoms with Crippen LogP contribution in [0, 0.1) is 0 Å². The van der Waals surface area contributed by atoms with Crippen molar-refractivity contribution in [3.05, 3.63) is 51.8 Å². The van der Waals surface area contributed by atoms with E-state index in [4.69, 9.17) is 0 Å². The van der Waals surface area contributed by atoms with Crippen LogP contribution >= 0.6 is 27.3 Å². The van der Waals surface area contributed by atoms with Crippen LogP contribution in [0.15, 0.2) is 55.5 Å². The minimum absolute atomic E-state index is 0.283. The van der Waals surface area contributed by atoms with Gasteiger partial charge in [0.2, 0.25) is 10.0 Å². The molecule has 0 atom stereocenters. The Kier molecular flexibility index (Phi) is 7.42. The Balaban J connectivity index is 1.81. The number of hydrogen-bond acceptors (Lipinski definition) is 4. The zero-order valence-corrected chi connectivity index (χ0v) is 17.3. The van der Waals surface area contributed by atoms with Gasteiger partial charge in [-0.1, -0.05) is 34.1 Å². The fourth-order valence-electron chi connectivity index (χ4n) is 2.17. The number of nitrogens with zero attached hydrogens (tertiary/aromatic N) is 2. The van der Waals surface area contributed by atoms with Gasteiger partial charge in [-0.05, 0) is 29.1 Å². The maximum atomic E-state index is 12.0. The summed E-state index contributed by atoms with van der Waals surface area (Å²) >= 11 is 4.62. The summed E-state index contributed by atoms with van der Waals surface area (Å²) < 4.78 is 28.0. The van der Waals surface area contributed by atoms with E-state index in [0.29, 0.717) is 23.3 Å². The summed E-state index contributed by atoms with van der Waals surface area (Å²) in [6.45, 7) is 1.43. The average molecular weight is 445 g/mol. The van der Waals surface area contributed by atoms with Gasteiger partial charge in [0.25, 0.3) is 0 Å². The first kappa shape index (κ1) is 19.9. The lowest BCUT2D eigenvalue weighted by molar-refractivity contribution is 0.477. The van der Waals surface area contributed by atoms with Crippen molar-refractivity contribution in [2.24, 2.45) is 4.99 Å². The third kappa shape index (κ3) is 6.10. The van der Waals surface area contributed by atoms with Crippen LogP contribution in [0.5, 0.6) is 0 Å². The van der Waals surface area contributed by atoms with Gasteiger partial charge in [-0.25, -0.2) is 13.1 Å². The Labute approximate surface area is 161 Å². The van der Waals surface area contributed by atoms with Crippen molar-refractivity contribution in [3.8, 4) is 0 Å². The van der Waals surface area contributed by atoms with E-state index in [1.807, 2.05) is 36.2 Å². The van der Waals surface area contributed by atoms with Gasteiger partial charge >= 0.3 is 0 Å². The average Bonchev–Trinajstić information content (AvgIpc) is 3.12. The third-order valence-electron chi connectivity index (χ3n) is 3.37. The molecule has 1 aromatic carbocycles. The molecule has 0 saturated carbocycles. The molecule has 2 N–H and O–H groups in total. The van der Waals surface area contributed by atoms with E-state index < -0.39 is 10.0 Å². The predicted octanol–water partition coefficient (Wildman–Crippen LogP) is 2.50. The van der Waals surface area contributed by atoms with E-state index in [9.17, 15) is 8.42 Å². The summed E-state index contributed by atoms with van der Waals surface area (Å²) in [4.78, 5) is 6.22. The zero-order chi connectivity index (χ0) is 18.3. The highest BCUT2D eigenvalue weighted by atomic mass is 79.9. The van der Waals surface area contributed by atoms with E-state index in [-0.39, 0.29) is 6.54 Å². The second kappa shape index (κ2) is 9.33. The molecule has 0 bridgehead atoms. The van der Waals surface area contributed by atoms with Crippen molar-refractivity contribution in [1.82, 2.24) is 14.9 Å². The second-order valence-corrected chi connectivity index (χ2v) is 9.14. The lowest BCUT2D eigenvalue weighted by Crippen LogP contribution is -2.42. The summed E-state index contributed by atoms with van der Waals surface area (Å²) in [5.74, 6) is 0.707. The third-order valence-corrected chi connectivity index (χ3v) is 6.75. The molecule has 25 heavy (non-hydrogen) atoms. The molecule has 1 aromatic heterocycles. The van der Waals surface area contributed by atoms with Crippen LogP contribution < -0.4 is 10.0 Å². The Morgan fingerprint density at radius 3 is 2.56 bits per heavy atom. The van der Waals surface area contributed by atoms with Crippen LogP contribution in [-0.2, 0) is 16.6 Å². The SMILES string of the molecule is CN=C(NCCNS(=O)(=O)c1cccs1)N(C)Cc1ccc(Br)cc1. The van der Waals surface area contributed by atoms with E-state index in [2.05, 4.69) is 31.0 Å². The van der Waals surface area contributed by atoms with Crippen molar-refractivity contribution in [1.29, 1.82) is 0 Å². The van der Waals surface area contributed by atoms with Gasteiger partial charge in [0, 0.05) is 38.2 Å². The number of guanidine groups is 1. The summed E-state index contributed by atoms with van der Waals surface area (Å²) in [6, 6.07) is 11.4. The Morgan fingerprint density at radius 1 is 1.24 bits per heavy atom. The van der Waals surface area contributed by atoms with Crippen molar-refractivity contribution in [2.75, 3.05) is 27.2 Å². The molecule has 0 aliphatic carbocycles. The summed E-state index contributed by atoms with van der Waals surface area (Å²) in [5.41, 5.74) is 1.16. The summed E-state index contributed by atoms with van der Waals surface area (Å²) in [7, 11) is 0.218. The molecule has 2 aromatic rings. The quantitative estimate of drug-likeness (QED) is 0.390. The number of halogens is 1. The molecule has 1 heterocycles. The molecule has 0 spiro atoms. The van der Waals surface area contributed by atoms with Crippen molar-refractivity contribution in [3.63, 3.8) is 0 Å². The standard InChI is InChI=1S/C16H21BrN4O2S2/c1-18-16(21(2)12-13-5-7-14(17)8-6-13)19-9-10-20-25(22,23)15-4-3-11-24-15/h3-8,11,20H,9-10,12H2,1-2H3,(H,18,19). The van der Waals surface area contributed by atoms with Crippen LogP contribution in [0.4, 0.5) is 0 Å². The first-order valence-electron chi connectivity index (χ1n) is 7.62. The first-order valence-corrected chi connectivity index (χ1v) is 10.8. The maximum absolute atomic E-state index is 12.0. The van der Waals surface area contributed by atoms with E-state index in [0.717, 1.165) is 10.0 Å². The number of sulfonamides is 1. The molecule has 0 radical (unpaired) electrons. The normalized spacial score (nSPS) is 12.2. The Hall–Kier alpha value is -1.42. The van der Waals surface area contributed by atoms with Gasteiger partial charge in [-0.15, -0.1) is 11.3 Å². The zero-order valence-electron chi connectivity index (χ0n) is 14.1. The smallest absolute Gasteiger partial charge is 0.250 e. The highest BCUT2D eigenvalue weighted by Crippen LogP contribution is 2.15. The van der Waals surface area contributed by atoms with Gasteiger partial charge < -0.3 is 10.2 Å². The maximum Gasteiger partial charge on any atom is 0.250 e. The number of hydrogen-bond donors (Lipinski definition) is 2. The molecule has 2 rings (SSSR count). The van der Waals surface area contributed by atoms with E-state index in [1.54, 1.807) is 24.6 Å². The molecule has 0 unspecified atom stereocenters. The molecule has 9 heteroatoms. The van der Waals surface area contributed by atoms with Crippen LogP contribution in [0.2, 0.25) is 0 Å². The summed E-state index contributed by atoms with van der Waals surface area (Å²) in [5, 5.41) is 4.90. The fourth-order valence-corrected chi connectivity index (χ4v) is 4.50.